The van der Waals surface area contributed by atoms with Crippen molar-refractivity contribution in [1.82, 2.24) is 4.90 Å². The highest BCUT2D eigenvalue weighted by Gasteiger charge is 2.28. The molecule has 0 aromatic heterocycles. The van der Waals surface area contributed by atoms with Gasteiger partial charge in [0.2, 0.25) is 5.91 Å². The first-order valence-corrected chi connectivity index (χ1v) is 9.30. The molecule has 0 unspecified atom stereocenters. The molecular weight excluding hydrogens is 346 g/mol. The van der Waals surface area contributed by atoms with Gasteiger partial charge in [0.15, 0.2) is 5.17 Å². The summed E-state index contributed by atoms with van der Waals surface area (Å²) in [5, 5.41) is 9.10. The number of benzene rings is 2. The van der Waals surface area contributed by atoms with Gasteiger partial charge in [-0.05, 0) is 42.7 Å². The molecule has 0 radical (unpaired) electrons. The minimum Gasteiger partial charge on any atom is -0.497 e. The monoisotopic (exact) mass is 367 g/mol. The lowest BCUT2D eigenvalue weighted by atomic mass is 10.1. The van der Waals surface area contributed by atoms with E-state index in [1.165, 1.54) is 17.3 Å². The van der Waals surface area contributed by atoms with Crippen LogP contribution in [0.4, 0.5) is 0 Å². The number of rotatable bonds is 5. The van der Waals surface area contributed by atoms with Crippen LogP contribution in [0.25, 0.3) is 0 Å². The molecule has 6 heteroatoms. The highest BCUT2D eigenvalue weighted by molar-refractivity contribution is 8.15. The molecule has 0 spiro atoms. The van der Waals surface area contributed by atoms with E-state index in [4.69, 9.17) is 4.74 Å². The zero-order chi connectivity index (χ0) is 18.5. The Bertz CT molecular complexity index is 860. The van der Waals surface area contributed by atoms with Crippen molar-refractivity contribution in [1.29, 1.82) is 0 Å². The van der Waals surface area contributed by atoms with Crippen molar-refractivity contribution < 1.29 is 9.53 Å². The molecule has 0 aliphatic carbocycles. The Morgan fingerprint density at radius 3 is 2.65 bits per heavy atom. The number of aryl methyl sites for hydroxylation is 2. The number of amidine groups is 1. The molecule has 1 fully saturated rings. The maximum atomic E-state index is 12.2. The molecule has 26 heavy (non-hydrogen) atoms. The fraction of sp³-hybridized carbons (Fsp3) is 0.250. The van der Waals surface area contributed by atoms with Gasteiger partial charge in [0, 0.05) is 0 Å². The van der Waals surface area contributed by atoms with Gasteiger partial charge < -0.3 is 4.74 Å². The summed E-state index contributed by atoms with van der Waals surface area (Å²) in [6.45, 7) is 4.59. The Labute approximate surface area is 157 Å². The lowest BCUT2D eigenvalue weighted by Gasteiger charge is -2.15. The van der Waals surface area contributed by atoms with E-state index in [2.05, 4.69) is 23.2 Å². The van der Waals surface area contributed by atoms with E-state index in [1.54, 1.807) is 18.2 Å². The minimum absolute atomic E-state index is 0.0475. The number of methoxy groups -OCH3 is 1. The van der Waals surface area contributed by atoms with Crippen molar-refractivity contribution in [3.8, 4) is 5.75 Å². The van der Waals surface area contributed by atoms with Crippen LogP contribution in [0.3, 0.4) is 0 Å². The van der Waals surface area contributed by atoms with E-state index in [0.29, 0.717) is 17.5 Å². The van der Waals surface area contributed by atoms with Gasteiger partial charge in [-0.25, -0.2) is 0 Å². The van der Waals surface area contributed by atoms with Crippen LogP contribution in [0.5, 0.6) is 5.75 Å². The summed E-state index contributed by atoms with van der Waals surface area (Å²) in [6, 6.07) is 13.9. The first-order valence-electron chi connectivity index (χ1n) is 8.31. The van der Waals surface area contributed by atoms with Crippen molar-refractivity contribution in [2.24, 2.45) is 10.2 Å². The van der Waals surface area contributed by atoms with Crippen molar-refractivity contribution >= 4 is 29.1 Å². The average molecular weight is 367 g/mol. The molecule has 1 amide bonds. The Morgan fingerprint density at radius 1 is 1.19 bits per heavy atom. The summed E-state index contributed by atoms with van der Waals surface area (Å²) in [5.74, 6) is 1.24. The molecule has 2 aromatic rings. The summed E-state index contributed by atoms with van der Waals surface area (Å²) in [6.07, 6.45) is 1.73. The van der Waals surface area contributed by atoms with Gasteiger partial charge in [-0.3, -0.25) is 9.69 Å². The Balaban J connectivity index is 1.73. The second kappa shape index (κ2) is 8.19. The van der Waals surface area contributed by atoms with Crippen LogP contribution in [0.2, 0.25) is 0 Å². The molecule has 3 rings (SSSR count). The second-order valence-corrected chi connectivity index (χ2v) is 7.05. The van der Waals surface area contributed by atoms with Crippen LogP contribution in [-0.4, -0.2) is 35.1 Å². The summed E-state index contributed by atoms with van der Waals surface area (Å²) in [5.41, 5.74) is 4.41. The fourth-order valence-electron chi connectivity index (χ4n) is 2.65. The van der Waals surface area contributed by atoms with E-state index >= 15 is 0 Å². The summed E-state index contributed by atoms with van der Waals surface area (Å²) >= 11 is 1.42. The van der Waals surface area contributed by atoms with Crippen molar-refractivity contribution in [2.45, 2.75) is 20.4 Å². The van der Waals surface area contributed by atoms with Crippen molar-refractivity contribution in [2.75, 3.05) is 12.9 Å². The number of carbonyl (C=O) groups is 1. The molecule has 0 N–H and O–H groups in total. The number of hydrogen-bond acceptors (Lipinski definition) is 5. The second-order valence-electron chi connectivity index (χ2n) is 6.10. The van der Waals surface area contributed by atoms with Gasteiger partial charge in [-0.2, -0.15) is 5.10 Å². The third-order valence-corrected chi connectivity index (χ3v) is 5.07. The van der Waals surface area contributed by atoms with Crippen molar-refractivity contribution in [3.05, 3.63) is 64.7 Å². The van der Waals surface area contributed by atoms with Crippen LogP contribution in [0, 0.1) is 13.8 Å². The van der Waals surface area contributed by atoms with E-state index < -0.39 is 0 Å². The van der Waals surface area contributed by atoms with Gasteiger partial charge in [0.1, 0.15) is 5.75 Å². The number of ether oxygens (including phenoxy) is 1. The molecule has 0 atom stereocenters. The first kappa shape index (κ1) is 18.2. The standard InChI is InChI=1S/C20H21N3O2S/c1-14-4-7-17(15(2)10-14)11-21-22-20-23(19(24)13-26-20)12-16-5-8-18(25-3)9-6-16/h4-11H,12-13H2,1-3H3/b21-11-,22-20+. The molecule has 1 aliphatic rings. The van der Waals surface area contributed by atoms with Gasteiger partial charge in [0.25, 0.3) is 0 Å². The number of amides is 1. The highest BCUT2D eigenvalue weighted by atomic mass is 32.2. The Hall–Kier alpha value is -2.60. The first-order chi connectivity index (χ1) is 12.6. The summed E-state index contributed by atoms with van der Waals surface area (Å²) < 4.78 is 5.17. The van der Waals surface area contributed by atoms with Crippen LogP contribution in [0.1, 0.15) is 22.3 Å². The number of nitrogens with zero attached hydrogens (tertiary/aromatic N) is 3. The lowest BCUT2D eigenvalue weighted by molar-refractivity contribution is -0.124. The van der Waals surface area contributed by atoms with Crippen LogP contribution >= 0.6 is 11.8 Å². The SMILES string of the molecule is COc1ccc(CN2C(=O)CS/C2=N/N=C\c2ccc(C)cc2C)cc1. The predicted molar refractivity (Wildman–Crippen MR) is 107 cm³/mol. The van der Waals surface area contributed by atoms with E-state index in [1.807, 2.05) is 43.3 Å². The Kier molecular flexibility index (Phi) is 5.73. The fourth-order valence-corrected chi connectivity index (χ4v) is 3.49. The van der Waals surface area contributed by atoms with Crippen LogP contribution in [0.15, 0.2) is 52.7 Å². The van der Waals surface area contributed by atoms with Gasteiger partial charge >= 0.3 is 0 Å². The molecule has 2 aromatic carbocycles. The van der Waals surface area contributed by atoms with Gasteiger partial charge in [0.05, 0.1) is 25.6 Å². The van der Waals surface area contributed by atoms with Crippen molar-refractivity contribution in [3.63, 3.8) is 0 Å². The molecule has 1 heterocycles. The smallest absolute Gasteiger partial charge is 0.239 e. The minimum atomic E-state index is 0.0475. The summed E-state index contributed by atoms with van der Waals surface area (Å²) in [4.78, 5) is 13.9. The third kappa shape index (κ3) is 4.32. The molecule has 5 nitrogen and oxygen atoms in total. The van der Waals surface area contributed by atoms with Crippen LogP contribution < -0.4 is 4.74 Å². The lowest BCUT2D eigenvalue weighted by Crippen LogP contribution is -2.28. The maximum absolute atomic E-state index is 12.2. The van der Waals surface area contributed by atoms with Gasteiger partial charge in [-0.15, -0.1) is 5.10 Å². The van der Waals surface area contributed by atoms with Crippen LogP contribution in [-0.2, 0) is 11.3 Å². The zero-order valence-electron chi connectivity index (χ0n) is 15.1. The maximum Gasteiger partial charge on any atom is 0.239 e. The van der Waals surface area contributed by atoms with E-state index in [0.717, 1.165) is 22.4 Å². The van der Waals surface area contributed by atoms with Gasteiger partial charge in [-0.1, -0.05) is 47.7 Å². The molecule has 1 aliphatic heterocycles. The molecule has 0 bridgehead atoms. The molecule has 134 valence electrons. The largest absolute Gasteiger partial charge is 0.497 e. The third-order valence-electron chi connectivity index (χ3n) is 4.12. The Morgan fingerprint density at radius 2 is 1.96 bits per heavy atom. The van der Waals surface area contributed by atoms with E-state index in [9.17, 15) is 4.79 Å². The molecule has 1 saturated heterocycles. The normalized spacial score (nSPS) is 16.0. The topological polar surface area (TPSA) is 54.3 Å². The van der Waals surface area contributed by atoms with E-state index in [-0.39, 0.29) is 5.91 Å². The quantitative estimate of drug-likeness (QED) is 0.597. The average Bonchev–Trinajstić information content (AvgIpc) is 2.98. The molecular formula is C20H21N3O2S. The summed E-state index contributed by atoms with van der Waals surface area (Å²) in [7, 11) is 1.63. The zero-order valence-corrected chi connectivity index (χ0v) is 15.9. The number of carbonyl (C=O) groups excluding carboxylic acids is 1. The number of hydrogen-bond donors (Lipinski definition) is 0. The number of thioether (sulfide) groups is 1. The molecule has 0 saturated carbocycles. The highest BCUT2D eigenvalue weighted by Crippen LogP contribution is 2.23. The predicted octanol–water partition coefficient (Wildman–Crippen LogP) is 3.78.